The number of rotatable bonds is 6. The summed E-state index contributed by atoms with van der Waals surface area (Å²) in [6, 6.07) is 10.8. The van der Waals surface area contributed by atoms with Crippen LogP contribution in [0.2, 0.25) is 5.02 Å². The number of carbonyl (C=O) groups excluding carboxylic acids is 1. The SMILES string of the molecule is C[C@@H](Sc1nnc(C2CC2)o1)C(=O)N1N=C(c2ccc(Cl)cc2)C[C@@H]1c1ccco1. The largest absolute Gasteiger partial charge is 0.467 e. The highest BCUT2D eigenvalue weighted by atomic mass is 35.5. The first-order valence-electron chi connectivity index (χ1n) is 9.78. The summed E-state index contributed by atoms with van der Waals surface area (Å²) < 4.78 is 11.3. The van der Waals surface area contributed by atoms with E-state index in [4.69, 9.17) is 20.4 Å². The van der Waals surface area contributed by atoms with Crippen molar-refractivity contribution in [3.05, 3.63) is 64.9 Å². The Balaban J connectivity index is 1.37. The van der Waals surface area contributed by atoms with Crippen LogP contribution in [0.4, 0.5) is 0 Å². The standard InChI is InChI=1S/C21H19ClN4O3S/c1-12(30-21-24-23-19(29-21)14-4-5-14)20(27)26-17(18-3-2-10-28-18)11-16(25-26)13-6-8-15(22)9-7-13/h2-3,6-10,12,14,17H,4-5,11H2,1H3/t12-,17-/m1/s1. The van der Waals surface area contributed by atoms with Gasteiger partial charge in [0.15, 0.2) is 0 Å². The number of furan rings is 1. The van der Waals surface area contributed by atoms with Gasteiger partial charge in [0, 0.05) is 17.4 Å². The van der Waals surface area contributed by atoms with Gasteiger partial charge in [0.25, 0.3) is 11.1 Å². The van der Waals surface area contributed by atoms with Gasteiger partial charge in [-0.05, 0) is 49.6 Å². The van der Waals surface area contributed by atoms with Crippen molar-refractivity contribution in [3.63, 3.8) is 0 Å². The fourth-order valence-corrected chi connectivity index (χ4v) is 4.24. The molecule has 154 valence electrons. The summed E-state index contributed by atoms with van der Waals surface area (Å²) >= 11 is 7.26. The molecule has 1 saturated carbocycles. The number of aromatic nitrogens is 2. The summed E-state index contributed by atoms with van der Waals surface area (Å²) in [5.41, 5.74) is 1.74. The maximum Gasteiger partial charge on any atom is 0.277 e. The average Bonchev–Trinajstić information content (AvgIpc) is 3.14. The quantitative estimate of drug-likeness (QED) is 0.496. The predicted molar refractivity (Wildman–Crippen MR) is 112 cm³/mol. The second-order valence-electron chi connectivity index (χ2n) is 7.41. The molecule has 0 N–H and O–H groups in total. The molecule has 0 spiro atoms. The fourth-order valence-electron chi connectivity index (χ4n) is 3.38. The number of hydrogen-bond acceptors (Lipinski definition) is 7. The lowest BCUT2D eigenvalue weighted by Gasteiger charge is -2.22. The molecule has 2 aromatic heterocycles. The van der Waals surface area contributed by atoms with Crippen molar-refractivity contribution >= 4 is 35.0 Å². The van der Waals surface area contributed by atoms with E-state index in [-0.39, 0.29) is 11.9 Å². The summed E-state index contributed by atoms with van der Waals surface area (Å²) in [6.07, 6.45) is 4.34. The Morgan fingerprint density at radius 3 is 2.73 bits per heavy atom. The molecule has 2 atom stereocenters. The molecule has 3 aromatic rings. The van der Waals surface area contributed by atoms with Crippen molar-refractivity contribution < 1.29 is 13.6 Å². The lowest BCUT2D eigenvalue weighted by atomic mass is 10.0. The Bertz CT molecular complexity index is 1080. The van der Waals surface area contributed by atoms with E-state index < -0.39 is 5.25 Å². The first-order valence-corrected chi connectivity index (χ1v) is 11.0. The van der Waals surface area contributed by atoms with Gasteiger partial charge in [-0.2, -0.15) is 5.10 Å². The molecule has 7 nitrogen and oxygen atoms in total. The predicted octanol–water partition coefficient (Wildman–Crippen LogP) is 5.05. The monoisotopic (exact) mass is 442 g/mol. The van der Waals surface area contributed by atoms with Gasteiger partial charge >= 0.3 is 0 Å². The molecule has 1 fully saturated rings. The normalized spacial score (nSPS) is 19.7. The highest BCUT2D eigenvalue weighted by Crippen LogP contribution is 2.40. The first-order chi connectivity index (χ1) is 14.6. The number of hydrogen-bond donors (Lipinski definition) is 0. The van der Waals surface area contributed by atoms with Crippen LogP contribution < -0.4 is 0 Å². The third-order valence-corrected chi connectivity index (χ3v) is 6.33. The van der Waals surface area contributed by atoms with Crippen molar-refractivity contribution in [2.45, 2.75) is 48.6 Å². The smallest absolute Gasteiger partial charge is 0.277 e. The van der Waals surface area contributed by atoms with Gasteiger partial charge in [0.1, 0.15) is 11.8 Å². The van der Waals surface area contributed by atoms with Crippen molar-refractivity contribution in [1.29, 1.82) is 0 Å². The van der Waals surface area contributed by atoms with Crippen molar-refractivity contribution in [2.24, 2.45) is 5.10 Å². The molecule has 1 amide bonds. The number of halogens is 1. The molecule has 0 unspecified atom stereocenters. The number of thioether (sulfide) groups is 1. The van der Waals surface area contributed by atoms with Gasteiger partial charge in [-0.1, -0.05) is 35.5 Å². The molecule has 1 aromatic carbocycles. The molecule has 2 aliphatic rings. The number of hydrazone groups is 1. The summed E-state index contributed by atoms with van der Waals surface area (Å²) in [4.78, 5) is 13.3. The average molecular weight is 443 g/mol. The maximum atomic E-state index is 13.3. The van der Waals surface area contributed by atoms with E-state index in [1.807, 2.05) is 43.3 Å². The molecule has 5 rings (SSSR count). The van der Waals surface area contributed by atoms with Crippen LogP contribution >= 0.6 is 23.4 Å². The zero-order valence-corrected chi connectivity index (χ0v) is 17.8. The van der Waals surface area contributed by atoms with Crippen LogP contribution in [0, 0.1) is 0 Å². The Hall–Kier alpha value is -2.58. The zero-order chi connectivity index (χ0) is 20.7. The second-order valence-corrected chi connectivity index (χ2v) is 9.14. The van der Waals surface area contributed by atoms with E-state index in [9.17, 15) is 4.79 Å². The van der Waals surface area contributed by atoms with Crippen LogP contribution in [0.25, 0.3) is 0 Å². The van der Waals surface area contributed by atoms with Crippen LogP contribution in [-0.4, -0.2) is 32.1 Å². The lowest BCUT2D eigenvalue weighted by Crippen LogP contribution is -2.33. The molecular weight excluding hydrogens is 424 g/mol. The van der Waals surface area contributed by atoms with E-state index in [0.717, 1.165) is 24.1 Å². The van der Waals surface area contributed by atoms with Crippen molar-refractivity contribution in [2.75, 3.05) is 0 Å². The number of nitrogens with zero attached hydrogens (tertiary/aromatic N) is 4. The second kappa shape index (κ2) is 7.92. The van der Waals surface area contributed by atoms with Gasteiger partial charge in [0.05, 0.1) is 17.2 Å². The maximum absolute atomic E-state index is 13.3. The molecule has 30 heavy (non-hydrogen) atoms. The highest BCUT2D eigenvalue weighted by molar-refractivity contribution is 8.00. The zero-order valence-electron chi connectivity index (χ0n) is 16.2. The minimum atomic E-state index is -0.441. The molecule has 3 heterocycles. The Kier molecular flexibility index (Phi) is 5.12. The van der Waals surface area contributed by atoms with Gasteiger partial charge in [-0.25, -0.2) is 5.01 Å². The van der Waals surface area contributed by atoms with Crippen molar-refractivity contribution in [3.8, 4) is 0 Å². The topological polar surface area (TPSA) is 84.7 Å². The van der Waals surface area contributed by atoms with E-state index >= 15 is 0 Å². The number of amides is 1. The summed E-state index contributed by atoms with van der Waals surface area (Å²) in [5, 5.41) is 14.9. The van der Waals surface area contributed by atoms with Crippen LogP contribution in [0.5, 0.6) is 0 Å². The van der Waals surface area contributed by atoms with Crippen molar-refractivity contribution in [1.82, 2.24) is 15.2 Å². The van der Waals surface area contributed by atoms with Gasteiger partial charge < -0.3 is 8.83 Å². The lowest BCUT2D eigenvalue weighted by molar-refractivity contribution is -0.132. The molecule has 0 saturated heterocycles. The highest BCUT2D eigenvalue weighted by Gasteiger charge is 2.37. The molecular formula is C21H19ClN4O3S. The number of benzene rings is 1. The van der Waals surface area contributed by atoms with Crippen LogP contribution in [0.15, 0.2) is 61.8 Å². The Labute approximate surface area is 182 Å². The Morgan fingerprint density at radius 1 is 1.23 bits per heavy atom. The van der Waals surface area contributed by atoms with Gasteiger partial charge in [-0.3, -0.25) is 4.79 Å². The van der Waals surface area contributed by atoms with E-state index in [1.54, 1.807) is 6.26 Å². The third kappa shape index (κ3) is 3.89. The minimum Gasteiger partial charge on any atom is -0.467 e. The molecule has 1 aliphatic carbocycles. The van der Waals surface area contributed by atoms with Crippen LogP contribution in [-0.2, 0) is 4.79 Å². The molecule has 0 bridgehead atoms. The summed E-state index contributed by atoms with van der Waals surface area (Å²) in [6.45, 7) is 1.82. The number of carbonyl (C=O) groups is 1. The summed E-state index contributed by atoms with van der Waals surface area (Å²) in [7, 11) is 0. The van der Waals surface area contributed by atoms with Crippen LogP contribution in [0.3, 0.4) is 0 Å². The molecule has 9 heteroatoms. The van der Waals surface area contributed by atoms with Gasteiger partial charge in [0.2, 0.25) is 5.89 Å². The third-order valence-electron chi connectivity index (χ3n) is 5.16. The molecule has 1 aliphatic heterocycles. The minimum absolute atomic E-state index is 0.142. The van der Waals surface area contributed by atoms with E-state index in [2.05, 4.69) is 15.3 Å². The summed E-state index contributed by atoms with van der Waals surface area (Å²) in [5.74, 6) is 1.60. The first kappa shape index (κ1) is 19.4. The van der Waals surface area contributed by atoms with E-state index in [1.165, 1.54) is 16.8 Å². The fraction of sp³-hybridized carbons (Fsp3) is 0.333. The van der Waals surface area contributed by atoms with Gasteiger partial charge in [-0.15, -0.1) is 10.2 Å². The molecule has 0 radical (unpaired) electrons. The van der Waals surface area contributed by atoms with Crippen LogP contribution in [0.1, 0.15) is 55.4 Å². The van der Waals surface area contributed by atoms with E-state index in [0.29, 0.717) is 34.2 Å². The Morgan fingerprint density at radius 2 is 2.03 bits per heavy atom.